The highest BCUT2D eigenvalue weighted by atomic mass is 79.9. The second kappa shape index (κ2) is 11.3. The molecular weight excluding hydrogens is 544 g/mol. The molecule has 1 aliphatic heterocycles. The summed E-state index contributed by atoms with van der Waals surface area (Å²) in [7, 11) is 2.13. The first kappa shape index (κ1) is 25.9. The first-order valence-corrected chi connectivity index (χ1v) is 12.4. The zero-order valence-electron chi connectivity index (χ0n) is 20.0. The fourth-order valence-corrected chi connectivity index (χ4v) is 4.50. The number of pyridine rings is 1. The van der Waals surface area contributed by atoms with Crippen molar-refractivity contribution in [3.63, 3.8) is 0 Å². The van der Waals surface area contributed by atoms with Crippen LogP contribution in [0.15, 0.2) is 64.0 Å². The van der Waals surface area contributed by atoms with E-state index >= 15 is 0 Å². The van der Waals surface area contributed by atoms with Gasteiger partial charge in [0.25, 0.3) is 5.56 Å². The maximum Gasteiger partial charge on any atom is 0.261 e. The molecule has 2 aromatic heterocycles. The van der Waals surface area contributed by atoms with Gasteiger partial charge in [0, 0.05) is 17.9 Å². The van der Waals surface area contributed by atoms with Gasteiger partial charge in [0.2, 0.25) is 5.95 Å². The highest BCUT2D eigenvalue weighted by Gasteiger charge is 2.20. The van der Waals surface area contributed by atoms with Crippen molar-refractivity contribution >= 4 is 56.7 Å². The molecule has 0 bridgehead atoms. The van der Waals surface area contributed by atoms with Gasteiger partial charge in [-0.15, -0.1) is 12.4 Å². The molecule has 36 heavy (non-hydrogen) atoms. The van der Waals surface area contributed by atoms with Crippen molar-refractivity contribution < 1.29 is 4.74 Å². The molecule has 8 nitrogen and oxygen atoms in total. The number of rotatable bonds is 6. The zero-order valence-corrected chi connectivity index (χ0v) is 22.4. The lowest BCUT2D eigenvalue weighted by Crippen LogP contribution is -2.37. The van der Waals surface area contributed by atoms with Crippen LogP contribution in [-0.2, 0) is 0 Å². The number of benzene rings is 2. The first-order chi connectivity index (χ1) is 16.9. The number of ether oxygens (including phenoxy) is 1. The number of anilines is 3. The molecule has 5 rings (SSSR count). The quantitative estimate of drug-likeness (QED) is 0.267. The predicted octanol–water partition coefficient (Wildman–Crippen LogP) is 5.85. The SMILES string of the molecule is Cc1ccc(Oc2ccc(Nc3nc(NC4CCN(C)CC4)nc4c(Br)c[nH]c(=O)c34)cc2)cc1.Cl. The largest absolute Gasteiger partial charge is 0.457 e. The van der Waals surface area contributed by atoms with Crippen LogP contribution in [0, 0.1) is 6.92 Å². The van der Waals surface area contributed by atoms with E-state index in [2.05, 4.69) is 48.5 Å². The number of aromatic nitrogens is 3. The Hall–Kier alpha value is -3.14. The lowest BCUT2D eigenvalue weighted by Gasteiger charge is -2.29. The van der Waals surface area contributed by atoms with Gasteiger partial charge >= 0.3 is 0 Å². The normalized spacial score (nSPS) is 14.3. The number of hydrogen-bond donors (Lipinski definition) is 3. The van der Waals surface area contributed by atoms with E-state index in [0.717, 1.165) is 43.1 Å². The minimum absolute atomic E-state index is 0. The van der Waals surface area contributed by atoms with Crippen LogP contribution in [0.5, 0.6) is 11.5 Å². The highest BCUT2D eigenvalue weighted by Crippen LogP contribution is 2.29. The molecule has 2 aromatic carbocycles. The fourth-order valence-electron chi connectivity index (χ4n) is 4.09. The molecule has 3 N–H and O–H groups in total. The Bertz CT molecular complexity index is 1390. The number of likely N-dealkylation sites (tertiary alicyclic amines) is 1. The van der Waals surface area contributed by atoms with E-state index in [-0.39, 0.29) is 24.0 Å². The van der Waals surface area contributed by atoms with Crippen molar-refractivity contribution in [1.29, 1.82) is 0 Å². The summed E-state index contributed by atoms with van der Waals surface area (Å²) in [6.45, 7) is 4.09. The summed E-state index contributed by atoms with van der Waals surface area (Å²) in [4.78, 5) is 27.1. The van der Waals surface area contributed by atoms with E-state index in [0.29, 0.717) is 27.1 Å². The molecule has 4 aromatic rings. The third-order valence-electron chi connectivity index (χ3n) is 6.12. The van der Waals surface area contributed by atoms with Crippen molar-refractivity contribution in [2.45, 2.75) is 25.8 Å². The summed E-state index contributed by atoms with van der Waals surface area (Å²) >= 11 is 3.52. The first-order valence-electron chi connectivity index (χ1n) is 11.6. The molecule has 0 saturated carbocycles. The average Bonchev–Trinajstić information content (AvgIpc) is 2.85. The number of fused-ring (bicyclic) bond motifs is 1. The summed E-state index contributed by atoms with van der Waals surface area (Å²) < 4.78 is 6.63. The summed E-state index contributed by atoms with van der Waals surface area (Å²) in [6.07, 6.45) is 3.64. The minimum Gasteiger partial charge on any atom is -0.457 e. The van der Waals surface area contributed by atoms with E-state index in [1.54, 1.807) is 6.20 Å². The van der Waals surface area contributed by atoms with Gasteiger partial charge in [-0.1, -0.05) is 17.7 Å². The van der Waals surface area contributed by atoms with E-state index in [1.165, 1.54) is 5.56 Å². The maximum absolute atomic E-state index is 12.7. The third-order valence-corrected chi connectivity index (χ3v) is 6.72. The molecule has 0 amide bonds. The van der Waals surface area contributed by atoms with Gasteiger partial charge in [0.05, 0.1) is 9.99 Å². The highest BCUT2D eigenvalue weighted by molar-refractivity contribution is 9.10. The van der Waals surface area contributed by atoms with Crippen LogP contribution < -0.4 is 20.9 Å². The number of piperidine rings is 1. The van der Waals surface area contributed by atoms with E-state index in [9.17, 15) is 4.79 Å². The molecule has 0 aliphatic carbocycles. The van der Waals surface area contributed by atoms with Crippen molar-refractivity contribution in [3.8, 4) is 11.5 Å². The second-order valence-corrected chi connectivity index (χ2v) is 9.73. The smallest absolute Gasteiger partial charge is 0.261 e. The minimum atomic E-state index is -0.254. The van der Waals surface area contributed by atoms with E-state index < -0.39 is 0 Å². The molecule has 1 aliphatic rings. The van der Waals surface area contributed by atoms with Gasteiger partial charge in [0.1, 0.15) is 22.7 Å². The van der Waals surface area contributed by atoms with Crippen LogP contribution >= 0.6 is 28.3 Å². The van der Waals surface area contributed by atoms with Crippen molar-refractivity contribution in [3.05, 3.63) is 75.1 Å². The van der Waals surface area contributed by atoms with Crippen molar-refractivity contribution in [1.82, 2.24) is 19.9 Å². The monoisotopic (exact) mass is 570 g/mol. The van der Waals surface area contributed by atoms with Crippen molar-refractivity contribution in [2.24, 2.45) is 0 Å². The van der Waals surface area contributed by atoms with Crippen LogP contribution in [0.4, 0.5) is 17.5 Å². The summed E-state index contributed by atoms with van der Waals surface area (Å²) in [5.41, 5.74) is 2.27. The third kappa shape index (κ3) is 5.98. The predicted molar refractivity (Wildman–Crippen MR) is 150 cm³/mol. The van der Waals surface area contributed by atoms with Gasteiger partial charge in [0.15, 0.2) is 0 Å². The van der Waals surface area contributed by atoms with Crippen LogP contribution in [0.25, 0.3) is 10.9 Å². The van der Waals surface area contributed by atoms with Crippen molar-refractivity contribution in [2.75, 3.05) is 30.8 Å². The molecule has 0 atom stereocenters. The number of aromatic amines is 1. The van der Waals surface area contributed by atoms with Crippen LogP contribution in [0.1, 0.15) is 18.4 Å². The molecule has 1 fully saturated rings. The lowest BCUT2D eigenvalue weighted by atomic mass is 10.1. The summed E-state index contributed by atoms with van der Waals surface area (Å²) in [6, 6.07) is 15.7. The van der Waals surface area contributed by atoms with Crippen LogP contribution in [0.2, 0.25) is 0 Å². The summed E-state index contributed by atoms with van der Waals surface area (Å²) in [5.74, 6) is 2.44. The number of hydrogen-bond acceptors (Lipinski definition) is 7. The Kier molecular flexibility index (Phi) is 8.13. The molecule has 188 valence electrons. The van der Waals surface area contributed by atoms with Gasteiger partial charge < -0.3 is 25.3 Å². The summed E-state index contributed by atoms with van der Waals surface area (Å²) in [5, 5.41) is 7.16. The Morgan fingerprint density at radius 3 is 2.33 bits per heavy atom. The Morgan fingerprint density at radius 2 is 1.67 bits per heavy atom. The lowest BCUT2D eigenvalue weighted by molar-refractivity contribution is 0.263. The number of halogens is 2. The Morgan fingerprint density at radius 1 is 1.03 bits per heavy atom. The molecule has 0 spiro atoms. The van der Waals surface area contributed by atoms with Crippen LogP contribution in [0.3, 0.4) is 0 Å². The topological polar surface area (TPSA) is 95.2 Å². The van der Waals surface area contributed by atoms with Gasteiger partial charge in [-0.05, 0) is 92.2 Å². The Labute approximate surface area is 224 Å². The number of nitrogens with one attached hydrogen (secondary N) is 3. The molecule has 3 heterocycles. The zero-order chi connectivity index (χ0) is 24.4. The van der Waals surface area contributed by atoms with Gasteiger partial charge in [-0.25, -0.2) is 4.98 Å². The molecule has 0 radical (unpaired) electrons. The molecule has 10 heteroatoms. The van der Waals surface area contributed by atoms with Gasteiger partial charge in [-0.3, -0.25) is 4.79 Å². The van der Waals surface area contributed by atoms with E-state index in [4.69, 9.17) is 9.72 Å². The number of aryl methyl sites for hydroxylation is 1. The number of H-pyrrole nitrogens is 1. The van der Waals surface area contributed by atoms with E-state index in [1.807, 2.05) is 55.5 Å². The molecule has 0 unspecified atom stereocenters. The van der Waals surface area contributed by atoms with Crippen LogP contribution in [-0.4, -0.2) is 46.0 Å². The average molecular weight is 572 g/mol. The maximum atomic E-state index is 12.7. The second-order valence-electron chi connectivity index (χ2n) is 8.87. The fraction of sp³-hybridized carbons (Fsp3) is 0.269. The number of nitrogens with zero attached hydrogens (tertiary/aromatic N) is 3. The Balaban J connectivity index is 0.00000304. The molecular formula is C26H28BrClN6O2. The van der Waals surface area contributed by atoms with Gasteiger partial charge in [-0.2, -0.15) is 4.98 Å². The standard InChI is InChI=1S/C26H27BrN6O2.ClH/c1-16-3-7-19(8-4-16)35-20-9-5-17(6-10-20)29-24-22-23(21(27)15-28-25(22)34)31-26(32-24)30-18-11-13-33(2)14-12-18;/h3-10,15,18H,11-14H2,1-2H3,(H,28,34)(H2,29,30,31,32);1H. The molecule has 1 saturated heterocycles.